The average molecular weight is 408 g/mol. The lowest BCUT2D eigenvalue weighted by Gasteiger charge is -2.30. The number of nitrogens with one attached hydrogen (secondary N) is 1. The number of hydrogen-bond acceptors (Lipinski definition) is 6. The van der Waals surface area contributed by atoms with Crippen LogP contribution in [0.3, 0.4) is 0 Å². The summed E-state index contributed by atoms with van der Waals surface area (Å²) in [5, 5.41) is 4.53. The number of piperidine rings is 1. The SMILES string of the molecule is COc1cc(N2CCCCC2)c(OC)cc1C=Nn1c(=O)[nH]c2ccccc2c1=O. The lowest BCUT2D eigenvalue weighted by molar-refractivity contribution is 0.401. The van der Waals surface area contributed by atoms with Gasteiger partial charge in [0.25, 0.3) is 5.56 Å². The van der Waals surface area contributed by atoms with E-state index in [4.69, 9.17) is 9.47 Å². The van der Waals surface area contributed by atoms with Gasteiger partial charge in [0.15, 0.2) is 0 Å². The average Bonchev–Trinajstić information content (AvgIpc) is 2.79. The molecule has 1 saturated heterocycles. The molecule has 0 unspecified atom stereocenters. The summed E-state index contributed by atoms with van der Waals surface area (Å²) in [5.74, 6) is 1.28. The summed E-state index contributed by atoms with van der Waals surface area (Å²) in [4.78, 5) is 30.0. The largest absolute Gasteiger partial charge is 0.496 e. The highest BCUT2D eigenvalue weighted by Gasteiger charge is 2.18. The summed E-state index contributed by atoms with van der Waals surface area (Å²) in [6.07, 6.45) is 4.95. The molecule has 0 aliphatic carbocycles. The summed E-state index contributed by atoms with van der Waals surface area (Å²) in [5.41, 5.74) is 0.956. The highest BCUT2D eigenvalue weighted by molar-refractivity contribution is 5.86. The molecular formula is C22H24N4O4. The summed E-state index contributed by atoms with van der Waals surface area (Å²) in [7, 11) is 3.20. The fourth-order valence-electron chi connectivity index (χ4n) is 3.77. The first-order chi connectivity index (χ1) is 14.6. The van der Waals surface area contributed by atoms with Gasteiger partial charge in [-0.15, -0.1) is 4.68 Å². The molecule has 8 heteroatoms. The third-order valence-corrected chi connectivity index (χ3v) is 5.32. The highest BCUT2D eigenvalue weighted by atomic mass is 16.5. The van der Waals surface area contributed by atoms with Gasteiger partial charge in [-0.2, -0.15) is 5.10 Å². The van der Waals surface area contributed by atoms with Crippen LogP contribution in [-0.4, -0.2) is 43.2 Å². The van der Waals surface area contributed by atoms with Crippen LogP contribution >= 0.6 is 0 Å². The Bertz CT molecular complexity index is 1210. The third-order valence-electron chi connectivity index (χ3n) is 5.32. The molecule has 0 saturated carbocycles. The number of anilines is 1. The molecule has 4 rings (SSSR count). The number of nitrogens with zero attached hydrogens (tertiary/aromatic N) is 3. The molecule has 156 valence electrons. The zero-order valence-corrected chi connectivity index (χ0v) is 17.1. The zero-order chi connectivity index (χ0) is 21.1. The van der Waals surface area contributed by atoms with Gasteiger partial charge in [0, 0.05) is 24.7 Å². The van der Waals surface area contributed by atoms with Gasteiger partial charge in [-0.05, 0) is 37.5 Å². The molecule has 1 aliphatic rings. The van der Waals surface area contributed by atoms with Gasteiger partial charge >= 0.3 is 5.69 Å². The van der Waals surface area contributed by atoms with Gasteiger partial charge in [0.1, 0.15) is 11.5 Å². The number of aromatic amines is 1. The molecule has 1 aromatic heterocycles. The Morgan fingerprint density at radius 2 is 1.73 bits per heavy atom. The van der Waals surface area contributed by atoms with Crippen molar-refractivity contribution in [3.63, 3.8) is 0 Å². The van der Waals surface area contributed by atoms with E-state index in [1.54, 1.807) is 38.5 Å². The molecule has 0 radical (unpaired) electrons. The highest BCUT2D eigenvalue weighted by Crippen LogP contribution is 2.36. The fourth-order valence-corrected chi connectivity index (χ4v) is 3.77. The second-order valence-electron chi connectivity index (χ2n) is 7.15. The van der Waals surface area contributed by atoms with Crippen LogP contribution in [-0.2, 0) is 0 Å². The lowest BCUT2D eigenvalue weighted by atomic mass is 10.1. The Labute approximate surface area is 173 Å². The van der Waals surface area contributed by atoms with Crippen LogP contribution in [0.2, 0.25) is 0 Å². The molecule has 3 aromatic rings. The van der Waals surface area contributed by atoms with Crippen molar-refractivity contribution in [1.82, 2.24) is 9.66 Å². The van der Waals surface area contributed by atoms with Crippen LogP contribution < -0.4 is 25.6 Å². The molecule has 0 bridgehead atoms. The number of rotatable bonds is 5. The van der Waals surface area contributed by atoms with Crippen LogP contribution in [0.25, 0.3) is 10.9 Å². The molecule has 30 heavy (non-hydrogen) atoms. The molecule has 8 nitrogen and oxygen atoms in total. The minimum atomic E-state index is -0.606. The maximum atomic E-state index is 12.7. The lowest BCUT2D eigenvalue weighted by Crippen LogP contribution is -2.32. The minimum absolute atomic E-state index is 0.388. The topological polar surface area (TPSA) is 88.9 Å². The number of aromatic nitrogens is 2. The molecule has 1 aliphatic heterocycles. The van der Waals surface area contributed by atoms with Crippen molar-refractivity contribution >= 4 is 22.8 Å². The molecule has 0 atom stereocenters. The first-order valence-electron chi connectivity index (χ1n) is 9.92. The van der Waals surface area contributed by atoms with Crippen molar-refractivity contribution in [2.75, 3.05) is 32.2 Å². The Kier molecular flexibility index (Phi) is 5.56. The zero-order valence-electron chi connectivity index (χ0n) is 17.1. The molecule has 0 spiro atoms. The van der Waals surface area contributed by atoms with E-state index < -0.39 is 11.2 Å². The van der Waals surface area contributed by atoms with Crippen molar-refractivity contribution in [1.29, 1.82) is 0 Å². The van der Waals surface area contributed by atoms with Crippen molar-refractivity contribution in [3.05, 3.63) is 62.8 Å². The molecule has 1 N–H and O–H groups in total. The van der Waals surface area contributed by atoms with Crippen molar-refractivity contribution < 1.29 is 9.47 Å². The van der Waals surface area contributed by atoms with E-state index in [9.17, 15) is 9.59 Å². The van der Waals surface area contributed by atoms with E-state index in [0.717, 1.165) is 36.3 Å². The summed E-state index contributed by atoms with van der Waals surface area (Å²) >= 11 is 0. The van der Waals surface area contributed by atoms with E-state index in [0.29, 0.717) is 28.0 Å². The number of H-pyrrole nitrogens is 1. The van der Waals surface area contributed by atoms with E-state index in [1.807, 2.05) is 12.1 Å². The van der Waals surface area contributed by atoms with Gasteiger partial charge in [-0.25, -0.2) is 4.79 Å². The van der Waals surface area contributed by atoms with Crippen LogP contribution in [0.4, 0.5) is 5.69 Å². The predicted molar refractivity (Wildman–Crippen MR) is 117 cm³/mol. The first-order valence-corrected chi connectivity index (χ1v) is 9.92. The number of benzene rings is 2. The third kappa shape index (κ3) is 3.68. The molecule has 2 aromatic carbocycles. The Morgan fingerprint density at radius 1 is 1.00 bits per heavy atom. The van der Waals surface area contributed by atoms with E-state index in [-0.39, 0.29) is 0 Å². The summed E-state index contributed by atoms with van der Waals surface area (Å²) < 4.78 is 12.0. The smallest absolute Gasteiger partial charge is 0.349 e. The van der Waals surface area contributed by atoms with Gasteiger partial charge < -0.3 is 19.4 Å². The van der Waals surface area contributed by atoms with Crippen LogP contribution in [0, 0.1) is 0 Å². The van der Waals surface area contributed by atoms with Gasteiger partial charge in [-0.1, -0.05) is 12.1 Å². The first kappa shape index (κ1) is 19.8. The fraction of sp³-hybridized carbons (Fsp3) is 0.318. The minimum Gasteiger partial charge on any atom is -0.496 e. The second-order valence-corrected chi connectivity index (χ2v) is 7.15. The monoisotopic (exact) mass is 408 g/mol. The van der Waals surface area contributed by atoms with Gasteiger partial charge in [0.05, 0.1) is 37.0 Å². The molecule has 0 amide bonds. The van der Waals surface area contributed by atoms with Crippen LogP contribution in [0.15, 0.2) is 51.1 Å². The van der Waals surface area contributed by atoms with E-state index >= 15 is 0 Å². The Balaban J connectivity index is 1.76. The maximum absolute atomic E-state index is 12.7. The Hall–Kier alpha value is -3.55. The van der Waals surface area contributed by atoms with Crippen molar-refractivity contribution in [2.45, 2.75) is 19.3 Å². The normalized spacial score (nSPS) is 14.4. The Morgan fingerprint density at radius 3 is 2.47 bits per heavy atom. The van der Waals surface area contributed by atoms with Crippen molar-refractivity contribution in [2.24, 2.45) is 5.10 Å². The molecule has 1 fully saturated rings. The van der Waals surface area contributed by atoms with E-state index in [2.05, 4.69) is 15.0 Å². The van der Waals surface area contributed by atoms with Crippen molar-refractivity contribution in [3.8, 4) is 11.5 Å². The molecule has 2 heterocycles. The van der Waals surface area contributed by atoms with Gasteiger partial charge in [0.2, 0.25) is 0 Å². The number of methoxy groups -OCH3 is 2. The van der Waals surface area contributed by atoms with E-state index in [1.165, 1.54) is 12.6 Å². The standard InChI is InChI=1S/C22H24N4O4/c1-29-19-13-18(25-10-6-3-7-11-25)20(30-2)12-15(19)14-23-26-21(27)16-8-4-5-9-17(16)24-22(26)28/h4-5,8-9,12-14H,3,6-7,10-11H2,1-2H3,(H,24,28). The second kappa shape index (κ2) is 8.44. The number of hydrogen-bond donors (Lipinski definition) is 1. The number of fused-ring (bicyclic) bond motifs is 1. The maximum Gasteiger partial charge on any atom is 0.349 e. The van der Waals surface area contributed by atoms with Crippen LogP contribution in [0.1, 0.15) is 24.8 Å². The number of ether oxygens (including phenoxy) is 2. The predicted octanol–water partition coefficient (Wildman–Crippen LogP) is 2.58. The van der Waals surface area contributed by atoms with Crippen LogP contribution in [0.5, 0.6) is 11.5 Å². The molecular weight excluding hydrogens is 384 g/mol. The van der Waals surface area contributed by atoms with Gasteiger partial charge in [-0.3, -0.25) is 4.79 Å². The number of para-hydroxylation sites is 1. The quantitative estimate of drug-likeness (QED) is 0.656. The summed E-state index contributed by atoms with van der Waals surface area (Å²) in [6, 6.07) is 10.6. The summed E-state index contributed by atoms with van der Waals surface area (Å²) in [6.45, 7) is 1.93.